The van der Waals surface area contributed by atoms with E-state index in [1.807, 2.05) is 26.0 Å². The fourth-order valence-electron chi connectivity index (χ4n) is 5.95. The Morgan fingerprint density at radius 2 is 1.89 bits per heavy atom. The summed E-state index contributed by atoms with van der Waals surface area (Å²) < 4.78 is 10.8. The van der Waals surface area contributed by atoms with Gasteiger partial charge in [-0.3, -0.25) is 29.4 Å². The highest BCUT2D eigenvalue weighted by Gasteiger charge is 2.70. The van der Waals surface area contributed by atoms with Crippen molar-refractivity contribution < 1.29 is 28.7 Å². The van der Waals surface area contributed by atoms with Crippen LogP contribution in [-0.4, -0.2) is 41.4 Å². The number of benzene rings is 2. The number of carbonyl (C=O) groups excluding carboxylic acids is 4. The Hall–Kier alpha value is -3.92. The molecule has 2 fully saturated rings. The second-order valence-electron chi connectivity index (χ2n) is 9.57. The summed E-state index contributed by atoms with van der Waals surface area (Å²) in [4.78, 5) is 54.1. The maximum absolute atomic E-state index is 13.8. The molecule has 4 N–H and O–H groups in total. The van der Waals surface area contributed by atoms with Crippen molar-refractivity contribution in [1.82, 2.24) is 10.2 Å². The zero-order valence-corrected chi connectivity index (χ0v) is 19.2. The Labute approximate surface area is 200 Å². The van der Waals surface area contributed by atoms with Crippen molar-refractivity contribution in [3.8, 4) is 11.5 Å². The summed E-state index contributed by atoms with van der Waals surface area (Å²) in [6, 6.07) is 8.17. The molecule has 1 spiro atoms. The number of ether oxygens (including phenoxy) is 2. The van der Waals surface area contributed by atoms with Crippen LogP contribution in [0.3, 0.4) is 0 Å². The number of fused-ring (bicyclic) bond motifs is 5. The topological polar surface area (TPSA) is 140 Å². The van der Waals surface area contributed by atoms with Gasteiger partial charge in [0.25, 0.3) is 0 Å². The molecular formula is C25H24N4O6. The number of amides is 4. The molecule has 4 atom stereocenters. The Morgan fingerprint density at radius 3 is 2.66 bits per heavy atom. The molecule has 4 heterocycles. The van der Waals surface area contributed by atoms with Crippen molar-refractivity contribution in [2.24, 2.45) is 17.6 Å². The second-order valence-corrected chi connectivity index (χ2v) is 9.57. The molecule has 4 aliphatic rings. The first-order chi connectivity index (χ1) is 16.7. The molecule has 4 aliphatic heterocycles. The predicted octanol–water partition coefficient (Wildman–Crippen LogP) is 0.828. The molecule has 2 aromatic carbocycles. The summed E-state index contributed by atoms with van der Waals surface area (Å²) in [6.07, 6.45) is -0.173. The van der Waals surface area contributed by atoms with Crippen molar-refractivity contribution in [3.05, 3.63) is 52.6 Å². The molecule has 0 aromatic heterocycles. The smallest absolute Gasteiger partial charge is 0.250 e. The van der Waals surface area contributed by atoms with E-state index in [2.05, 4.69) is 10.6 Å². The first-order valence-corrected chi connectivity index (χ1v) is 11.4. The lowest BCUT2D eigenvalue weighted by Gasteiger charge is -2.29. The molecule has 10 nitrogen and oxygen atoms in total. The van der Waals surface area contributed by atoms with Crippen LogP contribution in [0.2, 0.25) is 0 Å². The third kappa shape index (κ3) is 2.86. The lowest BCUT2D eigenvalue weighted by atomic mass is 9.76. The lowest BCUT2D eigenvalue weighted by Crippen LogP contribution is -2.53. The second kappa shape index (κ2) is 7.29. The van der Waals surface area contributed by atoms with E-state index in [0.717, 1.165) is 11.1 Å². The number of nitrogens with zero attached hydrogens (tertiary/aromatic N) is 1. The number of nitrogens with one attached hydrogen (secondary N) is 2. The molecule has 2 aromatic rings. The Bertz CT molecular complexity index is 1340. The number of rotatable bonds is 4. The van der Waals surface area contributed by atoms with Gasteiger partial charge in [0.05, 0.1) is 18.4 Å². The summed E-state index contributed by atoms with van der Waals surface area (Å²) in [5.41, 5.74) is 7.83. The number of nitrogens with two attached hydrogens (primary N) is 1. The lowest BCUT2D eigenvalue weighted by molar-refractivity contribution is -0.143. The van der Waals surface area contributed by atoms with E-state index in [1.54, 1.807) is 18.2 Å². The van der Waals surface area contributed by atoms with Crippen molar-refractivity contribution in [3.63, 3.8) is 0 Å². The van der Waals surface area contributed by atoms with Crippen molar-refractivity contribution in [2.45, 2.75) is 38.4 Å². The fraction of sp³-hybridized carbons (Fsp3) is 0.360. The van der Waals surface area contributed by atoms with Gasteiger partial charge in [-0.25, -0.2) is 0 Å². The van der Waals surface area contributed by atoms with Gasteiger partial charge in [0, 0.05) is 23.7 Å². The number of aryl methyl sites for hydroxylation is 1. The normalized spacial score (nSPS) is 28.0. The highest BCUT2D eigenvalue weighted by Crippen LogP contribution is 2.54. The molecule has 180 valence electrons. The van der Waals surface area contributed by atoms with Gasteiger partial charge in [-0.05, 0) is 42.7 Å². The van der Waals surface area contributed by atoms with Crippen molar-refractivity contribution in [1.29, 1.82) is 0 Å². The minimum absolute atomic E-state index is 0.0160. The van der Waals surface area contributed by atoms with E-state index in [-0.39, 0.29) is 19.8 Å². The van der Waals surface area contributed by atoms with Crippen LogP contribution in [0.5, 0.6) is 11.5 Å². The van der Waals surface area contributed by atoms with Gasteiger partial charge in [-0.2, -0.15) is 0 Å². The van der Waals surface area contributed by atoms with Gasteiger partial charge in [0.1, 0.15) is 5.54 Å². The zero-order valence-electron chi connectivity index (χ0n) is 19.2. The number of primary amides is 1. The Morgan fingerprint density at radius 1 is 1.11 bits per heavy atom. The number of hydrogen-bond acceptors (Lipinski definition) is 7. The summed E-state index contributed by atoms with van der Waals surface area (Å²) in [5, 5.41) is 6.14. The van der Waals surface area contributed by atoms with Crippen LogP contribution in [0.25, 0.3) is 0 Å². The van der Waals surface area contributed by atoms with Crippen molar-refractivity contribution >= 4 is 29.3 Å². The van der Waals surface area contributed by atoms with Gasteiger partial charge >= 0.3 is 0 Å². The summed E-state index contributed by atoms with van der Waals surface area (Å²) >= 11 is 0. The third-order valence-electron chi connectivity index (χ3n) is 7.71. The van der Waals surface area contributed by atoms with E-state index in [9.17, 15) is 19.2 Å². The molecule has 0 radical (unpaired) electrons. The van der Waals surface area contributed by atoms with E-state index in [0.29, 0.717) is 28.3 Å². The SMILES string of the molecule is Cc1ccc2c(c1C)NC(=O)[C@@]21N[C@H](CC(N)=O)[C@H]2C(=O)N(Cc3ccc4c(c3)OCO4)C(=O)[C@@H]21. The third-order valence-corrected chi connectivity index (χ3v) is 7.71. The first-order valence-electron chi connectivity index (χ1n) is 11.4. The molecule has 4 amide bonds. The molecular weight excluding hydrogens is 452 g/mol. The highest BCUT2D eigenvalue weighted by molar-refractivity contribution is 6.15. The molecule has 35 heavy (non-hydrogen) atoms. The average molecular weight is 476 g/mol. The van der Waals surface area contributed by atoms with E-state index >= 15 is 0 Å². The number of carbonyl (C=O) groups is 4. The van der Waals surface area contributed by atoms with Crippen LogP contribution in [-0.2, 0) is 31.3 Å². The van der Waals surface area contributed by atoms with Crippen LogP contribution < -0.4 is 25.8 Å². The minimum atomic E-state index is -1.46. The molecule has 0 unspecified atom stereocenters. The van der Waals surface area contributed by atoms with Gasteiger partial charge in [-0.1, -0.05) is 18.2 Å². The molecule has 6 rings (SSSR count). The predicted molar refractivity (Wildman–Crippen MR) is 122 cm³/mol. The monoisotopic (exact) mass is 476 g/mol. The molecule has 0 saturated carbocycles. The largest absolute Gasteiger partial charge is 0.454 e. The fourth-order valence-corrected chi connectivity index (χ4v) is 5.95. The molecule has 0 bridgehead atoms. The van der Waals surface area contributed by atoms with E-state index in [4.69, 9.17) is 15.2 Å². The van der Waals surface area contributed by atoms with Crippen LogP contribution in [0.1, 0.15) is 28.7 Å². The molecule has 0 aliphatic carbocycles. The van der Waals surface area contributed by atoms with Gasteiger partial charge in [0.2, 0.25) is 30.4 Å². The van der Waals surface area contributed by atoms with Gasteiger partial charge in [-0.15, -0.1) is 0 Å². The van der Waals surface area contributed by atoms with Crippen LogP contribution in [0.15, 0.2) is 30.3 Å². The summed E-state index contributed by atoms with van der Waals surface area (Å²) in [5.74, 6) is -2.68. The van der Waals surface area contributed by atoms with Gasteiger partial charge < -0.3 is 20.5 Å². The Balaban J connectivity index is 1.43. The molecule has 2 saturated heterocycles. The van der Waals surface area contributed by atoms with Crippen LogP contribution >= 0.6 is 0 Å². The summed E-state index contributed by atoms with van der Waals surface area (Å²) in [6.45, 7) is 3.96. The van der Waals surface area contributed by atoms with Gasteiger partial charge in [0.15, 0.2) is 11.5 Å². The highest BCUT2D eigenvalue weighted by atomic mass is 16.7. The zero-order chi connectivity index (χ0) is 24.6. The minimum Gasteiger partial charge on any atom is -0.454 e. The standard InChI is InChI=1S/C25H24N4O6/c1-11-3-5-14-21(12(11)2)27-24(33)25(14)20-19(15(28-25)8-18(26)30)22(31)29(23(20)32)9-13-4-6-16-17(7-13)35-10-34-16/h3-7,15,19-20,28H,8-10H2,1-2H3,(H2,26,30)(H,27,33)/t15-,19-,20-,25-/m1/s1. The van der Waals surface area contributed by atoms with Crippen LogP contribution in [0.4, 0.5) is 5.69 Å². The first kappa shape index (κ1) is 21.6. The Kier molecular flexibility index (Phi) is 4.50. The maximum atomic E-state index is 13.8. The number of anilines is 1. The van der Waals surface area contributed by atoms with Crippen LogP contribution in [0, 0.1) is 25.7 Å². The average Bonchev–Trinajstić information content (AvgIpc) is 3.53. The number of hydrogen-bond donors (Lipinski definition) is 3. The number of likely N-dealkylation sites (tertiary alicyclic amines) is 1. The number of imide groups is 1. The molecule has 10 heteroatoms. The van der Waals surface area contributed by atoms with Crippen molar-refractivity contribution in [2.75, 3.05) is 12.1 Å². The summed E-state index contributed by atoms with van der Waals surface area (Å²) in [7, 11) is 0. The van der Waals surface area contributed by atoms with E-state index < -0.39 is 47.0 Å². The quantitative estimate of drug-likeness (QED) is 0.555. The maximum Gasteiger partial charge on any atom is 0.250 e. The van der Waals surface area contributed by atoms with E-state index in [1.165, 1.54) is 4.90 Å².